The minimum atomic E-state index is -3.11. The monoisotopic (exact) mass is 349 g/mol. The van der Waals surface area contributed by atoms with Crippen LogP contribution in [-0.2, 0) is 14.6 Å². The Bertz CT molecular complexity index is 440. The minimum Gasteiger partial charge on any atom is -0.381 e. The molecule has 0 aromatic heterocycles. The van der Waals surface area contributed by atoms with Crippen molar-refractivity contribution in [2.24, 2.45) is 10.9 Å². The Labute approximate surface area is 142 Å². The third kappa shape index (κ3) is 10.5. The van der Waals surface area contributed by atoms with E-state index in [2.05, 4.69) is 29.5 Å². The molecule has 0 bridgehead atoms. The highest BCUT2D eigenvalue weighted by molar-refractivity contribution is 7.92. The summed E-state index contributed by atoms with van der Waals surface area (Å²) in [5.74, 6) is 1.29. The van der Waals surface area contributed by atoms with Gasteiger partial charge in [0.15, 0.2) is 15.8 Å². The molecule has 0 spiro atoms. The number of aliphatic imine (C=N–C) groups is 1. The Morgan fingerprint density at radius 3 is 2.39 bits per heavy atom. The summed E-state index contributed by atoms with van der Waals surface area (Å²) in [5.41, 5.74) is 0. The summed E-state index contributed by atoms with van der Waals surface area (Å²) in [7, 11) is -3.11. The summed E-state index contributed by atoms with van der Waals surface area (Å²) in [6.45, 7) is 14.6. The second-order valence-corrected chi connectivity index (χ2v) is 9.80. The van der Waals surface area contributed by atoms with Gasteiger partial charge in [-0.1, -0.05) is 13.8 Å². The van der Waals surface area contributed by atoms with Crippen LogP contribution in [-0.4, -0.2) is 57.7 Å². The highest BCUT2D eigenvalue weighted by Gasteiger charge is 2.28. The number of hydrogen-bond acceptors (Lipinski definition) is 4. The van der Waals surface area contributed by atoms with Crippen molar-refractivity contribution in [1.29, 1.82) is 0 Å². The number of sulfone groups is 1. The second-order valence-electron chi connectivity index (χ2n) is 6.94. The first-order valence-electron chi connectivity index (χ1n) is 8.42. The average molecular weight is 350 g/mol. The van der Waals surface area contributed by atoms with Crippen LogP contribution in [0, 0.1) is 5.92 Å². The lowest BCUT2D eigenvalue weighted by molar-refractivity contribution is 0.109. The van der Waals surface area contributed by atoms with Crippen molar-refractivity contribution < 1.29 is 13.2 Å². The Morgan fingerprint density at radius 1 is 1.22 bits per heavy atom. The second kappa shape index (κ2) is 10.9. The van der Waals surface area contributed by atoms with Crippen LogP contribution < -0.4 is 10.6 Å². The van der Waals surface area contributed by atoms with Crippen molar-refractivity contribution in [3.05, 3.63) is 0 Å². The van der Waals surface area contributed by atoms with Gasteiger partial charge in [0, 0.05) is 32.8 Å². The molecule has 0 radical (unpaired) electrons. The van der Waals surface area contributed by atoms with Crippen molar-refractivity contribution in [3.63, 3.8) is 0 Å². The lowest BCUT2D eigenvalue weighted by Gasteiger charge is -2.19. The Balaban J connectivity index is 4.18. The van der Waals surface area contributed by atoms with Gasteiger partial charge >= 0.3 is 0 Å². The van der Waals surface area contributed by atoms with Gasteiger partial charge in [-0.3, -0.25) is 4.99 Å². The van der Waals surface area contributed by atoms with Crippen LogP contribution in [0.3, 0.4) is 0 Å². The zero-order valence-corrected chi connectivity index (χ0v) is 16.4. The van der Waals surface area contributed by atoms with E-state index >= 15 is 0 Å². The van der Waals surface area contributed by atoms with E-state index in [0.29, 0.717) is 31.6 Å². The Morgan fingerprint density at radius 2 is 1.87 bits per heavy atom. The molecule has 2 N–H and O–H groups in total. The van der Waals surface area contributed by atoms with Gasteiger partial charge in [0.1, 0.15) is 0 Å². The van der Waals surface area contributed by atoms with E-state index in [4.69, 9.17) is 4.74 Å². The summed E-state index contributed by atoms with van der Waals surface area (Å²) in [4.78, 5) is 4.43. The van der Waals surface area contributed by atoms with Crippen molar-refractivity contribution in [3.8, 4) is 0 Å². The predicted molar refractivity (Wildman–Crippen MR) is 97.8 cm³/mol. The summed E-state index contributed by atoms with van der Waals surface area (Å²) in [6, 6.07) is 0. The first-order chi connectivity index (χ1) is 10.6. The maximum atomic E-state index is 12.1. The van der Waals surface area contributed by atoms with E-state index in [0.717, 1.165) is 19.6 Å². The quantitative estimate of drug-likeness (QED) is 0.357. The largest absolute Gasteiger partial charge is 0.381 e. The number of nitrogens with one attached hydrogen (secondary N) is 2. The first-order valence-corrected chi connectivity index (χ1v) is 10.1. The van der Waals surface area contributed by atoms with Gasteiger partial charge in [-0.25, -0.2) is 8.42 Å². The normalized spacial score (nSPS) is 13.4. The molecule has 6 nitrogen and oxygen atoms in total. The maximum Gasteiger partial charge on any atom is 0.191 e. The van der Waals surface area contributed by atoms with E-state index < -0.39 is 14.6 Å². The standard InChI is InChI=1S/C16H35N3O3S/c1-7-17-15(18-9-8-11-22-13-14(2)3)19-10-12-23(20,21)16(4,5)6/h14H,7-13H2,1-6H3,(H2,17,18,19). The summed E-state index contributed by atoms with van der Waals surface area (Å²) in [5, 5.41) is 6.20. The van der Waals surface area contributed by atoms with Crippen molar-refractivity contribution in [1.82, 2.24) is 10.6 Å². The summed E-state index contributed by atoms with van der Waals surface area (Å²) in [6.07, 6.45) is 0.851. The molecule has 0 heterocycles. The summed E-state index contributed by atoms with van der Waals surface area (Å²) < 4.78 is 28.9. The molecule has 23 heavy (non-hydrogen) atoms. The molecule has 0 aliphatic heterocycles. The van der Waals surface area contributed by atoms with Crippen LogP contribution >= 0.6 is 0 Å². The molecule has 0 rings (SSSR count). The third-order valence-corrected chi connectivity index (χ3v) is 5.72. The van der Waals surface area contributed by atoms with Gasteiger partial charge < -0.3 is 15.4 Å². The van der Waals surface area contributed by atoms with Crippen LogP contribution in [0.5, 0.6) is 0 Å². The molecule has 0 aliphatic rings. The van der Waals surface area contributed by atoms with E-state index in [-0.39, 0.29) is 5.75 Å². The molecule has 0 unspecified atom stereocenters. The van der Waals surface area contributed by atoms with Gasteiger partial charge in [0.2, 0.25) is 0 Å². The molecule has 0 amide bonds. The van der Waals surface area contributed by atoms with Gasteiger partial charge in [-0.15, -0.1) is 0 Å². The van der Waals surface area contributed by atoms with Crippen LogP contribution in [0.1, 0.15) is 48.0 Å². The van der Waals surface area contributed by atoms with Gasteiger partial charge in [0.25, 0.3) is 0 Å². The van der Waals surface area contributed by atoms with Gasteiger partial charge in [0.05, 0.1) is 10.5 Å². The molecular weight excluding hydrogens is 314 g/mol. The van der Waals surface area contributed by atoms with Crippen molar-refractivity contribution in [2.45, 2.75) is 52.7 Å². The summed E-state index contributed by atoms with van der Waals surface area (Å²) >= 11 is 0. The fourth-order valence-electron chi connectivity index (χ4n) is 1.63. The lowest BCUT2D eigenvalue weighted by atomic mass is 10.2. The van der Waals surface area contributed by atoms with Gasteiger partial charge in [-0.05, 0) is 40.0 Å². The lowest BCUT2D eigenvalue weighted by Crippen LogP contribution is -2.41. The van der Waals surface area contributed by atoms with Crippen LogP contribution in [0.4, 0.5) is 0 Å². The van der Waals surface area contributed by atoms with Crippen LogP contribution in [0.25, 0.3) is 0 Å². The fourth-order valence-corrected chi connectivity index (χ4v) is 2.61. The molecule has 0 saturated carbocycles. The van der Waals surface area contributed by atoms with Crippen molar-refractivity contribution in [2.75, 3.05) is 38.6 Å². The zero-order chi connectivity index (χ0) is 17.9. The van der Waals surface area contributed by atoms with Crippen molar-refractivity contribution >= 4 is 15.8 Å². The van der Waals surface area contributed by atoms with Crippen LogP contribution in [0.2, 0.25) is 0 Å². The molecular formula is C16H35N3O3S. The number of ether oxygens (including phenoxy) is 1. The number of guanidine groups is 1. The smallest absolute Gasteiger partial charge is 0.191 e. The topological polar surface area (TPSA) is 79.8 Å². The van der Waals surface area contributed by atoms with E-state index in [1.807, 2.05) is 6.92 Å². The minimum absolute atomic E-state index is 0.0956. The number of rotatable bonds is 10. The Kier molecular flexibility index (Phi) is 10.5. The fraction of sp³-hybridized carbons (Fsp3) is 0.938. The number of hydrogen-bond donors (Lipinski definition) is 2. The molecule has 0 aliphatic carbocycles. The van der Waals surface area contributed by atoms with E-state index in [9.17, 15) is 8.42 Å². The van der Waals surface area contributed by atoms with Gasteiger partial charge in [-0.2, -0.15) is 0 Å². The highest BCUT2D eigenvalue weighted by Crippen LogP contribution is 2.15. The average Bonchev–Trinajstić information content (AvgIpc) is 2.40. The first kappa shape index (κ1) is 22.2. The zero-order valence-electron chi connectivity index (χ0n) is 15.6. The highest BCUT2D eigenvalue weighted by atomic mass is 32.2. The predicted octanol–water partition coefficient (Wildman–Crippen LogP) is 1.82. The third-order valence-electron chi connectivity index (χ3n) is 3.11. The molecule has 0 aromatic carbocycles. The molecule has 138 valence electrons. The number of nitrogens with zero attached hydrogens (tertiary/aromatic N) is 1. The molecule has 0 atom stereocenters. The molecule has 0 aromatic rings. The Hall–Kier alpha value is -0.820. The SMILES string of the molecule is CCNC(=NCCCOCC(C)C)NCCS(=O)(=O)C(C)(C)C. The van der Waals surface area contributed by atoms with E-state index in [1.54, 1.807) is 20.8 Å². The molecule has 0 fully saturated rings. The molecule has 0 saturated heterocycles. The molecule has 7 heteroatoms. The maximum absolute atomic E-state index is 12.1. The van der Waals surface area contributed by atoms with E-state index in [1.165, 1.54) is 0 Å². The van der Waals surface area contributed by atoms with Crippen LogP contribution in [0.15, 0.2) is 4.99 Å².